The normalized spacial score (nSPS) is 12.2. The van der Waals surface area contributed by atoms with Crippen LogP contribution in [0.15, 0.2) is 64.5 Å². The van der Waals surface area contributed by atoms with Crippen LogP contribution in [0, 0.1) is 0 Å². The monoisotopic (exact) mass is 400 g/mol. The van der Waals surface area contributed by atoms with Gasteiger partial charge in [-0.05, 0) is 29.8 Å². The minimum absolute atomic E-state index is 0.0922. The first-order valence-corrected chi connectivity index (χ1v) is 10.0. The zero-order chi connectivity index (χ0) is 20.2. The summed E-state index contributed by atoms with van der Waals surface area (Å²) in [6, 6.07) is 17.9. The van der Waals surface area contributed by atoms with Crippen molar-refractivity contribution in [2.75, 3.05) is 27.2 Å². The molecule has 1 atom stereocenters. The van der Waals surface area contributed by atoms with Gasteiger partial charge in [0, 0.05) is 30.3 Å². The molecule has 0 spiro atoms. The van der Waals surface area contributed by atoms with Crippen LogP contribution in [0.1, 0.15) is 12.5 Å². The van der Waals surface area contributed by atoms with Gasteiger partial charge in [-0.3, -0.25) is 9.79 Å². The number of amides is 1. The summed E-state index contributed by atoms with van der Waals surface area (Å²) in [5, 5.41) is 9.55. The molecule has 1 amide bonds. The van der Waals surface area contributed by atoms with Crippen molar-refractivity contribution in [3.8, 4) is 5.75 Å². The van der Waals surface area contributed by atoms with Gasteiger partial charge in [-0.2, -0.15) is 0 Å². The summed E-state index contributed by atoms with van der Waals surface area (Å²) in [5.74, 6) is 1.32. The highest BCUT2D eigenvalue weighted by atomic mass is 32.2. The van der Waals surface area contributed by atoms with Crippen molar-refractivity contribution in [1.29, 1.82) is 0 Å². The number of nitrogens with one attached hydrogen (secondary N) is 3. The first-order valence-electron chi connectivity index (χ1n) is 9.16. The number of nitrogens with zero attached hydrogens (tertiary/aromatic N) is 1. The van der Waals surface area contributed by atoms with Crippen LogP contribution in [0.3, 0.4) is 0 Å². The van der Waals surface area contributed by atoms with Crippen LogP contribution in [0.25, 0.3) is 0 Å². The number of hydrogen-bond donors (Lipinski definition) is 3. The SMILES string of the molecule is CN=C(NCC(=O)NCc1ccc(OC)cc1)NCC(C)Sc1ccccc1. The van der Waals surface area contributed by atoms with E-state index < -0.39 is 0 Å². The van der Waals surface area contributed by atoms with Crippen molar-refractivity contribution in [3.63, 3.8) is 0 Å². The molecule has 0 fully saturated rings. The lowest BCUT2D eigenvalue weighted by Crippen LogP contribution is -2.44. The predicted octanol–water partition coefficient (Wildman–Crippen LogP) is 2.66. The van der Waals surface area contributed by atoms with Crippen LogP contribution in [0.5, 0.6) is 5.75 Å². The zero-order valence-corrected chi connectivity index (χ0v) is 17.4. The number of ether oxygens (including phenoxy) is 1. The van der Waals surface area contributed by atoms with E-state index in [0.29, 0.717) is 17.8 Å². The fourth-order valence-electron chi connectivity index (χ4n) is 2.40. The van der Waals surface area contributed by atoms with Crippen molar-refractivity contribution in [3.05, 3.63) is 60.2 Å². The molecule has 0 saturated heterocycles. The topological polar surface area (TPSA) is 74.8 Å². The zero-order valence-electron chi connectivity index (χ0n) is 16.6. The Morgan fingerprint density at radius 3 is 2.43 bits per heavy atom. The highest BCUT2D eigenvalue weighted by Crippen LogP contribution is 2.21. The molecule has 0 heterocycles. The largest absolute Gasteiger partial charge is 0.497 e. The van der Waals surface area contributed by atoms with Crippen LogP contribution in [0.2, 0.25) is 0 Å². The lowest BCUT2D eigenvalue weighted by Gasteiger charge is -2.16. The Labute approximate surface area is 171 Å². The minimum Gasteiger partial charge on any atom is -0.497 e. The van der Waals surface area contributed by atoms with Gasteiger partial charge in [0.2, 0.25) is 5.91 Å². The summed E-state index contributed by atoms with van der Waals surface area (Å²) in [5.41, 5.74) is 1.02. The van der Waals surface area contributed by atoms with E-state index in [-0.39, 0.29) is 12.5 Å². The van der Waals surface area contributed by atoms with Gasteiger partial charge in [-0.1, -0.05) is 37.3 Å². The standard InChI is InChI=1S/C21H28N4O2S/c1-16(28-19-7-5-4-6-8-19)13-24-21(22-2)25-15-20(26)23-14-17-9-11-18(27-3)12-10-17/h4-12,16H,13-15H2,1-3H3,(H,23,26)(H2,22,24,25). The number of carbonyl (C=O) groups is 1. The molecule has 0 saturated carbocycles. The molecule has 1 unspecified atom stereocenters. The summed E-state index contributed by atoms with van der Waals surface area (Å²) in [7, 11) is 3.32. The Bertz CT molecular complexity index is 751. The number of aliphatic imine (C=N–C) groups is 1. The number of benzene rings is 2. The van der Waals surface area contributed by atoms with Gasteiger partial charge in [-0.15, -0.1) is 11.8 Å². The van der Waals surface area contributed by atoms with Gasteiger partial charge in [-0.25, -0.2) is 0 Å². The van der Waals surface area contributed by atoms with E-state index in [1.165, 1.54) is 4.90 Å². The van der Waals surface area contributed by atoms with Crippen LogP contribution in [-0.2, 0) is 11.3 Å². The van der Waals surface area contributed by atoms with Crippen LogP contribution in [-0.4, -0.2) is 44.4 Å². The fraction of sp³-hybridized carbons (Fsp3) is 0.333. The fourth-order valence-corrected chi connectivity index (χ4v) is 3.35. The number of thioether (sulfide) groups is 1. The molecule has 0 aromatic heterocycles. The van der Waals surface area contributed by atoms with E-state index in [4.69, 9.17) is 4.74 Å². The van der Waals surface area contributed by atoms with Crippen molar-refractivity contribution >= 4 is 23.6 Å². The number of rotatable bonds is 9. The molecule has 2 aromatic carbocycles. The number of methoxy groups -OCH3 is 1. The lowest BCUT2D eigenvalue weighted by atomic mass is 10.2. The minimum atomic E-state index is -0.0922. The third-order valence-electron chi connectivity index (χ3n) is 3.93. The Balaban J connectivity index is 1.67. The number of carbonyl (C=O) groups excluding carboxylic acids is 1. The lowest BCUT2D eigenvalue weighted by molar-refractivity contribution is -0.120. The van der Waals surface area contributed by atoms with E-state index in [1.54, 1.807) is 25.9 Å². The average molecular weight is 401 g/mol. The molecule has 2 rings (SSSR count). The quantitative estimate of drug-likeness (QED) is 0.343. The Morgan fingerprint density at radius 1 is 1.07 bits per heavy atom. The predicted molar refractivity (Wildman–Crippen MR) is 116 cm³/mol. The molecule has 0 aliphatic rings. The van der Waals surface area contributed by atoms with Crippen LogP contribution in [0.4, 0.5) is 0 Å². The molecule has 6 nitrogen and oxygen atoms in total. The summed E-state index contributed by atoms with van der Waals surface area (Å²) >= 11 is 1.80. The van der Waals surface area contributed by atoms with E-state index >= 15 is 0 Å². The van der Waals surface area contributed by atoms with E-state index in [1.807, 2.05) is 42.5 Å². The molecule has 0 aliphatic carbocycles. The second-order valence-corrected chi connectivity index (χ2v) is 7.68. The van der Waals surface area contributed by atoms with Crippen molar-refractivity contribution in [2.45, 2.75) is 23.6 Å². The maximum absolute atomic E-state index is 12.1. The van der Waals surface area contributed by atoms with Gasteiger partial charge in [0.15, 0.2) is 5.96 Å². The van der Waals surface area contributed by atoms with Gasteiger partial charge in [0.1, 0.15) is 5.75 Å². The number of hydrogen-bond acceptors (Lipinski definition) is 4. The molecule has 2 aromatic rings. The Kier molecular flexibility index (Phi) is 9.21. The molecule has 0 radical (unpaired) electrons. The molecule has 7 heteroatoms. The smallest absolute Gasteiger partial charge is 0.239 e. The van der Waals surface area contributed by atoms with E-state index in [2.05, 4.69) is 40.0 Å². The second kappa shape index (κ2) is 11.9. The summed E-state index contributed by atoms with van der Waals surface area (Å²) in [6.07, 6.45) is 0. The molecule has 28 heavy (non-hydrogen) atoms. The maximum atomic E-state index is 12.1. The molecule has 3 N–H and O–H groups in total. The van der Waals surface area contributed by atoms with Crippen LogP contribution < -0.4 is 20.7 Å². The van der Waals surface area contributed by atoms with Gasteiger partial charge in [0.25, 0.3) is 0 Å². The first kappa shape index (κ1) is 21.6. The average Bonchev–Trinajstić information content (AvgIpc) is 2.73. The highest BCUT2D eigenvalue weighted by molar-refractivity contribution is 8.00. The van der Waals surface area contributed by atoms with E-state index in [9.17, 15) is 4.79 Å². The van der Waals surface area contributed by atoms with Crippen molar-refractivity contribution in [2.24, 2.45) is 4.99 Å². The molecule has 150 valence electrons. The molecular weight excluding hydrogens is 372 g/mol. The highest BCUT2D eigenvalue weighted by Gasteiger charge is 2.07. The first-order chi connectivity index (χ1) is 13.6. The Hall–Kier alpha value is -2.67. The van der Waals surface area contributed by atoms with E-state index in [0.717, 1.165) is 17.9 Å². The van der Waals surface area contributed by atoms with Crippen molar-refractivity contribution in [1.82, 2.24) is 16.0 Å². The Morgan fingerprint density at radius 2 is 1.79 bits per heavy atom. The number of guanidine groups is 1. The van der Waals surface area contributed by atoms with Crippen molar-refractivity contribution < 1.29 is 9.53 Å². The maximum Gasteiger partial charge on any atom is 0.239 e. The summed E-state index contributed by atoms with van der Waals surface area (Å²) < 4.78 is 5.13. The second-order valence-electron chi connectivity index (χ2n) is 6.17. The van der Waals surface area contributed by atoms with Gasteiger partial charge >= 0.3 is 0 Å². The summed E-state index contributed by atoms with van der Waals surface area (Å²) in [4.78, 5) is 17.5. The molecular formula is C21H28N4O2S. The van der Waals surface area contributed by atoms with Gasteiger partial charge in [0.05, 0.1) is 13.7 Å². The van der Waals surface area contributed by atoms with Gasteiger partial charge < -0.3 is 20.7 Å². The third kappa shape index (κ3) is 7.92. The molecule has 0 aliphatic heterocycles. The van der Waals surface area contributed by atoms with Crippen LogP contribution >= 0.6 is 11.8 Å². The summed E-state index contributed by atoms with van der Waals surface area (Å²) in [6.45, 7) is 3.53. The molecule has 0 bridgehead atoms. The third-order valence-corrected chi connectivity index (χ3v) is 5.04.